The first-order chi connectivity index (χ1) is 15.6. The predicted molar refractivity (Wildman–Crippen MR) is 125 cm³/mol. The smallest absolute Gasteiger partial charge is 0.238 e. The van der Waals surface area contributed by atoms with Gasteiger partial charge in [0, 0.05) is 35.5 Å². The SMILES string of the molecule is CC1(C)C2CCC1(CS(=O)(=O)NC(Cc1c[nH]c3ccccc13)C(=O)NCCC#N)C(=O)C2. The number of hydrogen-bond donors (Lipinski definition) is 3. The second-order valence-corrected chi connectivity index (χ2v) is 11.6. The first kappa shape index (κ1) is 23.5. The van der Waals surface area contributed by atoms with Crippen LogP contribution in [-0.4, -0.2) is 43.4 Å². The molecule has 33 heavy (non-hydrogen) atoms. The van der Waals surface area contributed by atoms with E-state index in [1.807, 2.05) is 44.2 Å². The largest absolute Gasteiger partial charge is 0.361 e. The summed E-state index contributed by atoms with van der Waals surface area (Å²) >= 11 is 0. The van der Waals surface area contributed by atoms with Gasteiger partial charge in [0.25, 0.3) is 0 Å². The van der Waals surface area contributed by atoms with Crippen molar-refractivity contribution in [3.63, 3.8) is 0 Å². The van der Waals surface area contributed by atoms with Crippen LogP contribution in [0.1, 0.15) is 45.1 Å². The van der Waals surface area contributed by atoms with Crippen LogP contribution in [-0.2, 0) is 26.0 Å². The van der Waals surface area contributed by atoms with Gasteiger partial charge in [0.1, 0.15) is 11.8 Å². The van der Waals surface area contributed by atoms with Crippen molar-refractivity contribution < 1.29 is 18.0 Å². The Balaban J connectivity index is 1.58. The van der Waals surface area contributed by atoms with E-state index in [0.717, 1.165) is 22.9 Å². The fourth-order valence-corrected chi connectivity index (χ4v) is 7.80. The Morgan fingerprint density at radius 3 is 2.76 bits per heavy atom. The molecule has 2 aromatic rings. The summed E-state index contributed by atoms with van der Waals surface area (Å²) < 4.78 is 29.3. The van der Waals surface area contributed by atoms with Crippen molar-refractivity contribution in [2.45, 2.75) is 52.0 Å². The number of amides is 1. The molecule has 1 heterocycles. The number of nitrogens with one attached hydrogen (secondary N) is 3. The molecule has 2 fully saturated rings. The van der Waals surface area contributed by atoms with Crippen LogP contribution in [0.3, 0.4) is 0 Å². The third-order valence-corrected chi connectivity index (χ3v) is 9.37. The highest BCUT2D eigenvalue weighted by Crippen LogP contribution is 2.64. The number of para-hydroxylation sites is 1. The Hall–Kier alpha value is -2.70. The first-order valence-corrected chi connectivity index (χ1v) is 13.0. The van der Waals surface area contributed by atoms with E-state index in [4.69, 9.17) is 5.26 Å². The monoisotopic (exact) mass is 470 g/mol. The average Bonchev–Trinajstić information content (AvgIpc) is 3.32. The van der Waals surface area contributed by atoms with Crippen molar-refractivity contribution in [2.75, 3.05) is 12.3 Å². The highest BCUT2D eigenvalue weighted by Gasteiger charge is 2.65. The van der Waals surface area contributed by atoms with Crippen LogP contribution in [0.2, 0.25) is 0 Å². The minimum Gasteiger partial charge on any atom is -0.361 e. The quantitative estimate of drug-likeness (QED) is 0.484. The van der Waals surface area contributed by atoms with Gasteiger partial charge in [-0.15, -0.1) is 0 Å². The minimum absolute atomic E-state index is 0.0146. The van der Waals surface area contributed by atoms with Crippen molar-refractivity contribution >= 4 is 32.6 Å². The van der Waals surface area contributed by atoms with Crippen molar-refractivity contribution in [2.24, 2.45) is 16.7 Å². The Kier molecular flexibility index (Phi) is 6.10. The van der Waals surface area contributed by atoms with Gasteiger partial charge in [0.15, 0.2) is 0 Å². The predicted octanol–water partition coefficient (Wildman–Crippen LogP) is 2.42. The van der Waals surface area contributed by atoms with Gasteiger partial charge in [-0.05, 0) is 42.2 Å². The standard InChI is InChI=1S/C24H30N4O4S/c1-23(2)17-8-9-24(23,21(29)13-17)15-33(31,32)28-20(22(30)26-11-5-10-25)12-16-14-27-19-7-4-3-6-18(16)19/h3-4,6-7,14,17,20,27-28H,5,8-9,11-13,15H2,1-2H3,(H,26,30). The number of fused-ring (bicyclic) bond motifs is 3. The van der Waals surface area contributed by atoms with Gasteiger partial charge in [0.05, 0.1) is 18.2 Å². The third-order valence-electron chi connectivity index (χ3n) is 7.85. The lowest BCUT2D eigenvalue weighted by Gasteiger charge is -2.36. The molecule has 0 radical (unpaired) electrons. The van der Waals surface area contributed by atoms with Gasteiger partial charge >= 0.3 is 0 Å². The number of Topliss-reactive ketones (excluding diaryl/α,β-unsaturated/α-hetero) is 1. The molecule has 2 aliphatic rings. The number of nitriles is 1. The molecule has 0 aliphatic heterocycles. The number of hydrogen-bond acceptors (Lipinski definition) is 5. The number of nitrogens with zero attached hydrogens (tertiary/aromatic N) is 1. The minimum atomic E-state index is -3.95. The van der Waals surface area contributed by atoms with E-state index in [1.54, 1.807) is 6.20 Å². The van der Waals surface area contributed by atoms with E-state index >= 15 is 0 Å². The maximum atomic E-state index is 13.3. The molecule has 3 N–H and O–H groups in total. The van der Waals surface area contributed by atoms with E-state index in [9.17, 15) is 18.0 Å². The molecule has 1 amide bonds. The fourth-order valence-electron chi connectivity index (χ4n) is 5.76. The topological polar surface area (TPSA) is 132 Å². The zero-order valence-electron chi connectivity index (χ0n) is 19.0. The summed E-state index contributed by atoms with van der Waals surface area (Å²) in [5.41, 5.74) is 0.407. The van der Waals surface area contributed by atoms with Crippen molar-refractivity contribution in [3.05, 3.63) is 36.0 Å². The summed E-state index contributed by atoms with van der Waals surface area (Å²) in [5, 5.41) is 12.3. The molecule has 4 rings (SSSR count). The summed E-state index contributed by atoms with van der Waals surface area (Å²) in [6, 6.07) is 8.51. The number of carbonyl (C=O) groups excluding carboxylic acids is 2. The lowest BCUT2D eigenvalue weighted by Crippen LogP contribution is -2.52. The van der Waals surface area contributed by atoms with Crippen LogP contribution in [0.4, 0.5) is 0 Å². The van der Waals surface area contributed by atoms with Crippen LogP contribution >= 0.6 is 0 Å². The molecule has 0 spiro atoms. The van der Waals surface area contributed by atoms with Crippen LogP contribution in [0.25, 0.3) is 10.9 Å². The molecule has 8 nitrogen and oxygen atoms in total. The van der Waals surface area contributed by atoms with Gasteiger partial charge in [-0.1, -0.05) is 32.0 Å². The zero-order valence-corrected chi connectivity index (χ0v) is 19.8. The lowest BCUT2D eigenvalue weighted by atomic mass is 9.70. The van der Waals surface area contributed by atoms with Crippen molar-refractivity contribution in [1.82, 2.24) is 15.0 Å². The fraction of sp³-hybridized carbons (Fsp3) is 0.542. The number of benzene rings is 1. The van der Waals surface area contributed by atoms with Gasteiger partial charge < -0.3 is 10.3 Å². The van der Waals surface area contributed by atoms with E-state index in [0.29, 0.717) is 12.8 Å². The maximum absolute atomic E-state index is 13.3. The molecular formula is C24H30N4O4S. The number of carbonyl (C=O) groups is 2. The molecule has 9 heteroatoms. The first-order valence-electron chi connectivity index (χ1n) is 11.3. The van der Waals surface area contributed by atoms with Gasteiger partial charge in [-0.25, -0.2) is 13.1 Å². The summed E-state index contributed by atoms with van der Waals surface area (Å²) in [7, 11) is -3.95. The molecule has 2 aliphatic carbocycles. The maximum Gasteiger partial charge on any atom is 0.238 e. The molecule has 1 aromatic heterocycles. The van der Waals surface area contributed by atoms with Crippen LogP contribution in [0.15, 0.2) is 30.5 Å². The molecule has 2 bridgehead atoms. The summed E-state index contributed by atoms with van der Waals surface area (Å²) in [4.78, 5) is 28.9. The molecule has 3 atom stereocenters. The number of sulfonamides is 1. The average molecular weight is 471 g/mol. The normalized spacial score (nSPS) is 24.6. The number of ketones is 1. The number of rotatable bonds is 9. The summed E-state index contributed by atoms with van der Waals surface area (Å²) in [5.74, 6) is -0.576. The third kappa shape index (κ3) is 4.18. The number of H-pyrrole nitrogens is 1. The second-order valence-electron chi connectivity index (χ2n) is 9.86. The van der Waals surface area contributed by atoms with Crippen molar-refractivity contribution in [1.29, 1.82) is 5.26 Å². The Morgan fingerprint density at radius 1 is 1.33 bits per heavy atom. The van der Waals surface area contributed by atoms with E-state index < -0.39 is 27.4 Å². The molecule has 3 unspecified atom stereocenters. The highest BCUT2D eigenvalue weighted by molar-refractivity contribution is 7.89. The van der Waals surface area contributed by atoms with Crippen molar-refractivity contribution in [3.8, 4) is 6.07 Å². The summed E-state index contributed by atoms with van der Waals surface area (Å²) in [6.07, 6.45) is 3.89. The van der Waals surface area contributed by atoms with Crippen LogP contribution in [0.5, 0.6) is 0 Å². The number of aromatic amines is 1. The highest BCUT2D eigenvalue weighted by atomic mass is 32.2. The Morgan fingerprint density at radius 2 is 2.09 bits per heavy atom. The van der Waals surface area contributed by atoms with E-state index in [2.05, 4.69) is 15.0 Å². The molecule has 176 valence electrons. The Labute approximate surface area is 194 Å². The van der Waals surface area contributed by atoms with Crippen LogP contribution < -0.4 is 10.0 Å². The number of aromatic nitrogens is 1. The molecular weight excluding hydrogens is 440 g/mol. The van der Waals surface area contributed by atoms with Gasteiger partial charge in [-0.2, -0.15) is 5.26 Å². The van der Waals surface area contributed by atoms with Gasteiger partial charge in [-0.3, -0.25) is 9.59 Å². The van der Waals surface area contributed by atoms with Gasteiger partial charge in [0.2, 0.25) is 15.9 Å². The second kappa shape index (κ2) is 8.58. The zero-order chi connectivity index (χ0) is 23.9. The Bertz CT molecular complexity index is 1230. The lowest BCUT2D eigenvalue weighted by molar-refractivity contribution is -0.128. The molecule has 2 saturated carbocycles. The summed E-state index contributed by atoms with van der Waals surface area (Å²) in [6.45, 7) is 4.12. The molecule has 1 aromatic carbocycles. The van der Waals surface area contributed by atoms with Crippen LogP contribution in [0, 0.1) is 28.1 Å². The van der Waals surface area contributed by atoms with E-state index in [1.165, 1.54) is 0 Å². The van der Waals surface area contributed by atoms with E-state index in [-0.39, 0.29) is 42.3 Å². The molecule has 0 saturated heterocycles.